The van der Waals surface area contributed by atoms with Crippen molar-refractivity contribution in [1.82, 2.24) is 0 Å². The van der Waals surface area contributed by atoms with Crippen LogP contribution in [0.4, 0.5) is 0 Å². The summed E-state index contributed by atoms with van der Waals surface area (Å²) in [5.74, 6) is -0.680. The van der Waals surface area contributed by atoms with Crippen molar-refractivity contribution in [3.8, 4) is 0 Å². The molecule has 1 N–H and O–H groups in total. The Morgan fingerprint density at radius 1 is 0.708 bits per heavy atom. The Bertz CT molecular complexity index is 282. The normalized spacial score (nSPS) is 11.8. The van der Waals surface area contributed by atoms with Gasteiger partial charge in [-0.25, -0.2) is 0 Å². The lowest BCUT2D eigenvalue weighted by molar-refractivity contribution is -0.137. The highest BCUT2D eigenvalue weighted by Crippen LogP contribution is 2.21. The van der Waals surface area contributed by atoms with E-state index in [0.29, 0.717) is 26.2 Å². The number of carboxylic acid groups (broad SMARTS) is 1. The molecule has 0 saturated carbocycles. The Kier molecular flexibility index (Phi) is 15.8. The van der Waals surface area contributed by atoms with Crippen molar-refractivity contribution in [1.29, 1.82) is 0 Å². The summed E-state index contributed by atoms with van der Waals surface area (Å²) in [6.07, 6.45) is 10.6. The van der Waals surface area contributed by atoms with Crippen LogP contribution < -0.4 is 0 Å². The molecule has 0 heterocycles. The minimum Gasteiger partial charge on any atom is -0.481 e. The van der Waals surface area contributed by atoms with Gasteiger partial charge in [0.2, 0.25) is 0 Å². The monoisotopic (exact) mass is 362 g/mol. The van der Waals surface area contributed by atoms with Crippen LogP contribution >= 0.6 is 0 Å². The molecule has 24 heavy (non-hydrogen) atoms. The van der Waals surface area contributed by atoms with E-state index in [1.807, 2.05) is 20.8 Å². The minimum atomic E-state index is -2.44. The molecule has 0 radical (unpaired) electrons. The Morgan fingerprint density at radius 2 is 1.08 bits per heavy atom. The summed E-state index contributed by atoms with van der Waals surface area (Å²) in [4.78, 5) is 10.4. The number of hydrogen-bond acceptors (Lipinski definition) is 4. The third-order valence-electron chi connectivity index (χ3n) is 3.97. The van der Waals surface area contributed by atoms with Gasteiger partial charge in [0.05, 0.1) is 0 Å². The van der Waals surface area contributed by atoms with Gasteiger partial charge in [-0.3, -0.25) is 4.79 Å². The summed E-state index contributed by atoms with van der Waals surface area (Å²) in [5, 5.41) is 8.57. The molecule has 0 spiro atoms. The van der Waals surface area contributed by atoms with E-state index in [4.69, 9.17) is 18.4 Å². The van der Waals surface area contributed by atoms with Crippen molar-refractivity contribution in [2.75, 3.05) is 19.8 Å². The largest absolute Gasteiger partial charge is 0.500 e. The summed E-state index contributed by atoms with van der Waals surface area (Å²) < 4.78 is 17.6. The zero-order chi connectivity index (χ0) is 18.1. The quantitative estimate of drug-likeness (QED) is 0.274. The zero-order valence-electron chi connectivity index (χ0n) is 16.0. The van der Waals surface area contributed by atoms with Gasteiger partial charge in [-0.15, -0.1) is 0 Å². The third-order valence-corrected chi connectivity index (χ3v) is 7.12. The van der Waals surface area contributed by atoms with Crippen molar-refractivity contribution in [3.63, 3.8) is 0 Å². The molecule has 0 saturated heterocycles. The number of aliphatic carboxylic acids is 1. The smallest absolute Gasteiger partial charge is 0.481 e. The molecule has 0 aromatic heterocycles. The molecule has 0 aromatic rings. The van der Waals surface area contributed by atoms with Crippen molar-refractivity contribution < 1.29 is 23.2 Å². The lowest BCUT2D eigenvalue weighted by atomic mass is 10.1. The molecule has 5 nitrogen and oxygen atoms in total. The van der Waals surface area contributed by atoms with Gasteiger partial charge in [-0.05, 0) is 33.6 Å². The number of carboxylic acids is 1. The van der Waals surface area contributed by atoms with Crippen molar-refractivity contribution in [2.24, 2.45) is 0 Å². The fraction of sp³-hybridized carbons (Fsp3) is 0.944. The van der Waals surface area contributed by atoms with Crippen LogP contribution in [-0.4, -0.2) is 39.7 Å². The molecule has 0 atom stereocenters. The average Bonchev–Trinajstić information content (AvgIpc) is 2.53. The summed E-state index contributed by atoms with van der Waals surface area (Å²) in [6, 6.07) is 0.914. The molecule has 0 aliphatic heterocycles. The van der Waals surface area contributed by atoms with E-state index in [-0.39, 0.29) is 0 Å². The zero-order valence-corrected chi connectivity index (χ0v) is 17.0. The standard InChI is InChI=1S/C18H38O5Si/c1-4-21-24(22-5-2,23-6-3)17-15-13-11-9-7-8-10-12-14-16-18(19)20/h4-17H2,1-3H3,(H,19,20). The maximum absolute atomic E-state index is 10.4. The second-order valence-corrected chi connectivity index (χ2v) is 8.79. The van der Waals surface area contributed by atoms with Crippen molar-refractivity contribution in [2.45, 2.75) is 91.0 Å². The maximum atomic E-state index is 10.4. The Balaban J connectivity index is 3.65. The van der Waals surface area contributed by atoms with Crippen molar-refractivity contribution >= 4 is 14.8 Å². The lowest BCUT2D eigenvalue weighted by Crippen LogP contribution is -2.45. The van der Waals surface area contributed by atoms with E-state index < -0.39 is 14.8 Å². The van der Waals surface area contributed by atoms with E-state index in [9.17, 15) is 4.79 Å². The van der Waals surface area contributed by atoms with Gasteiger partial charge in [-0.1, -0.05) is 44.9 Å². The van der Waals surface area contributed by atoms with Crippen LogP contribution in [0.2, 0.25) is 6.04 Å². The van der Waals surface area contributed by atoms with Gasteiger partial charge in [0.15, 0.2) is 0 Å². The van der Waals surface area contributed by atoms with Gasteiger partial charge in [0.25, 0.3) is 0 Å². The van der Waals surface area contributed by atoms with Crippen LogP contribution in [0.5, 0.6) is 0 Å². The molecule has 0 fully saturated rings. The number of rotatable bonds is 18. The van der Waals surface area contributed by atoms with Crippen LogP contribution in [0.3, 0.4) is 0 Å². The second kappa shape index (κ2) is 16.1. The lowest BCUT2D eigenvalue weighted by Gasteiger charge is -2.28. The van der Waals surface area contributed by atoms with E-state index in [0.717, 1.165) is 31.7 Å². The molecule has 6 heteroatoms. The van der Waals surface area contributed by atoms with Gasteiger partial charge >= 0.3 is 14.8 Å². The average molecular weight is 363 g/mol. The molecular weight excluding hydrogens is 324 g/mol. The van der Waals surface area contributed by atoms with Gasteiger partial charge in [0, 0.05) is 32.3 Å². The number of hydrogen-bond donors (Lipinski definition) is 1. The first kappa shape index (κ1) is 23.6. The highest BCUT2D eigenvalue weighted by atomic mass is 28.4. The molecule has 144 valence electrons. The van der Waals surface area contributed by atoms with Crippen LogP contribution in [0.15, 0.2) is 0 Å². The van der Waals surface area contributed by atoms with E-state index >= 15 is 0 Å². The molecule has 0 aromatic carbocycles. The fourth-order valence-corrected chi connectivity index (χ4v) is 5.54. The first-order valence-corrected chi connectivity index (χ1v) is 11.7. The summed E-state index contributed by atoms with van der Waals surface area (Å²) in [7, 11) is -2.44. The molecule has 0 bridgehead atoms. The summed E-state index contributed by atoms with van der Waals surface area (Å²) in [6.45, 7) is 7.93. The minimum absolute atomic E-state index is 0.311. The number of unbranched alkanes of at least 4 members (excludes halogenated alkanes) is 8. The van der Waals surface area contributed by atoms with E-state index in [2.05, 4.69) is 0 Å². The molecule has 0 unspecified atom stereocenters. The first-order chi connectivity index (χ1) is 11.6. The van der Waals surface area contributed by atoms with Crippen LogP contribution in [-0.2, 0) is 18.1 Å². The van der Waals surface area contributed by atoms with Crippen LogP contribution in [0.25, 0.3) is 0 Å². The van der Waals surface area contributed by atoms with E-state index in [1.54, 1.807) is 0 Å². The molecule has 0 aliphatic carbocycles. The maximum Gasteiger partial charge on any atom is 0.500 e. The van der Waals surface area contributed by atoms with Crippen LogP contribution in [0.1, 0.15) is 85.0 Å². The molecule has 0 amide bonds. The highest BCUT2D eigenvalue weighted by Gasteiger charge is 2.39. The highest BCUT2D eigenvalue weighted by molar-refractivity contribution is 6.60. The van der Waals surface area contributed by atoms with Crippen LogP contribution in [0, 0.1) is 0 Å². The van der Waals surface area contributed by atoms with Crippen molar-refractivity contribution in [3.05, 3.63) is 0 Å². The fourth-order valence-electron chi connectivity index (χ4n) is 2.86. The number of carbonyl (C=O) groups is 1. The predicted octanol–water partition coefficient (Wildman–Crippen LogP) is 5.02. The van der Waals surface area contributed by atoms with E-state index in [1.165, 1.54) is 32.1 Å². The summed E-state index contributed by atoms with van der Waals surface area (Å²) >= 11 is 0. The van der Waals surface area contributed by atoms with Gasteiger partial charge in [0.1, 0.15) is 0 Å². The second-order valence-electron chi connectivity index (χ2n) is 6.06. The molecule has 0 aliphatic rings. The van der Waals surface area contributed by atoms with Gasteiger partial charge in [-0.2, -0.15) is 0 Å². The Labute approximate surface area is 149 Å². The molecule has 0 rings (SSSR count). The Morgan fingerprint density at radius 3 is 1.46 bits per heavy atom. The Hall–Kier alpha value is -0.433. The predicted molar refractivity (Wildman–Crippen MR) is 99.2 cm³/mol. The summed E-state index contributed by atoms with van der Waals surface area (Å²) in [5.41, 5.74) is 0. The third kappa shape index (κ3) is 12.9. The van der Waals surface area contributed by atoms with Gasteiger partial charge < -0.3 is 18.4 Å². The topological polar surface area (TPSA) is 65.0 Å². The first-order valence-electron chi connectivity index (χ1n) is 9.73. The SMILES string of the molecule is CCO[Si](CCCCCCCCCCCC(=O)O)(OCC)OCC. The molecular formula is C18H38O5Si.